The lowest BCUT2D eigenvalue weighted by atomic mass is 10.1. The van der Waals surface area contributed by atoms with Crippen LogP contribution in [0, 0.1) is 0 Å². The van der Waals surface area contributed by atoms with Crippen molar-refractivity contribution in [1.29, 1.82) is 0 Å². The van der Waals surface area contributed by atoms with E-state index in [0.29, 0.717) is 24.3 Å². The Kier molecular flexibility index (Phi) is 5.58. The number of hydrogen-bond acceptors (Lipinski definition) is 5. The molecule has 7 nitrogen and oxygen atoms in total. The maximum absolute atomic E-state index is 12.6. The van der Waals surface area contributed by atoms with Gasteiger partial charge in [-0.1, -0.05) is 30.3 Å². The first kappa shape index (κ1) is 20.4. The third kappa shape index (κ3) is 4.50. The molecule has 1 aliphatic rings. The molecule has 31 heavy (non-hydrogen) atoms. The minimum Gasteiger partial charge on any atom is -0.449 e. The van der Waals surface area contributed by atoms with Gasteiger partial charge in [-0.15, -0.1) is 0 Å². The zero-order valence-electron chi connectivity index (χ0n) is 17.3. The summed E-state index contributed by atoms with van der Waals surface area (Å²) < 4.78 is 5.36. The van der Waals surface area contributed by atoms with Gasteiger partial charge in [0.15, 0.2) is 6.10 Å². The quantitative estimate of drug-likeness (QED) is 0.631. The Hall–Kier alpha value is -3.87. The molecule has 0 saturated heterocycles. The van der Waals surface area contributed by atoms with Crippen molar-refractivity contribution in [3.8, 4) is 0 Å². The Balaban J connectivity index is 1.44. The van der Waals surface area contributed by atoms with Crippen molar-refractivity contribution in [3.05, 3.63) is 66.2 Å². The van der Waals surface area contributed by atoms with Gasteiger partial charge in [0.2, 0.25) is 5.91 Å². The van der Waals surface area contributed by atoms with Gasteiger partial charge in [0.05, 0.1) is 16.9 Å². The second-order valence-corrected chi connectivity index (χ2v) is 7.55. The van der Waals surface area contributed by atoms with E-state index in [1.807, 2.05) is 48.3 Å². The van der Waals surface area contributed by atoms with E-state index in [1.54, 1.807) is 24.3 Å². The lowest BCUT2D eigenvalue weighted by Crippen LogP contribution is -2.30. The van der Waals surface area contributed by atoms with Crippen molar-refractivity contribution in [2.24, 2.45) is 0 Å². The fourth-order valence-corrected chi connectivity index (χ4v) is 3.49. The van der Waals surface area contributed by atoms with Crippen LogP contribution in [-0.2, 0) is 14.3 Å². The van der Waals surface area contributed by atoms with Crippen molar-refractivity contribution in [3.63, 3.8) is 0 Å². The summed E-state index contributed by atoms with van der Waals surface area (Å²) in [5.41, 5.74) is 2.26. The molecule has 0 unspecified atom stereocenters. The van der Waals surface area contributed by atoms with Crippen LogP contribution in [0.25, 0.3) is 10.8 Å². The average molecular weight is 417 g/mol. The SMILES string of the molecule is C[C@@H](OC(=O)c1ccc2c(c1)NC(=O)CCN2C)C(=O)Nc1ccc2ccccc2c1. The third-order valence-corrected chi connectivity index (χ3v) is 5.26. The number of carbonyl (C=O) groups is 3. The van der Waals surface area contributed by atoms with E-state index in [-0.39, 0.29) is 11.5 Å². The van der Waals surface area contributed by atoms with Crippen LogP contribution in [0.1, 0.15) is 23.7 Å². The number of carbonyl (C=O) groups excluding carboxylic acids is 3. The van der Waals surface area contributed by atoms with E-state index in [9.17, 15) is 14.4 Å². The Morgan fingerprint density at radius 3 is 2.65 bits per heavy atom. The standard InChI is InChI=1S/C24H23N3O4/c1-15(23(29)25-19-9-7-16-5-3-4-6-17(16)13-19)31-24(30)18-8-10-21-20(14-18)26-22(28)11-12-27(21)2/h3-10,13-15H,11-12H2,1-2H3,(H,25,29)(H,26,28)/t15-/m1/s1. The molecule has 158 valence electrons. The van der Waals surface area contributed by atoms with Crippen molar-refractivity contribution in [1.82, 2.24) is 0 Å². The van der Waals surface area contributed by atoms with Gasteiger partial charge in [-0.3, -0.25) is 9.59 Å². The first-order valence-corrected chi connectivity index (χ1v) is 10.1. The summed E-state index contributed by atoms with van der Waals surface area (Å²) in [5.74, 6) is -1.17. The number of anilines is 3. The number of nitrogens with one attached hydrogen (secondary N) is 2. The summed E-state index contributed by atoms with van der Waals surface area (Å²) in [6.07, 6.45) is -0.619. The molecule has 2 N–H and O–H groups in total. The molecule has 3 aromatic rings. The van der Waals surface area contributed by atoms with Crippen LogP contribution < -0.4 is 15.5 Å². The number of esters is 1. The smallest absolute Gasteiger partial charge is 0.338 e. The summed E-state index contributed by atoms with van der Waals surface area (Å²) in [6, 6.07) is 18.4. The van der Waals surface area contributed by atoms with Gasteiger partial charge in [-0.2, -0.15) is 0 Å². The van der Waals surface area contributed by atoms with Crippen LogP contribution in [0.3, 0.4) is 0 Å². The molecule has 1 aliphatic heterocycles. The molecule has 1 atom stereocenters. The van der Waals surface area contributed by atoms with E-state index in [2.05, 4.69) is 10.6 Å². The Morgan fingerprint density at radius 1 is 1.06 bits per heavy atom. The van der Waals surface area contributed by atoms with Gasteiger partial charge in [0, 0.05) is 25.7 Å². The molecular weight excluding hydrogens is 394 g/mol. The number of ether oxygens (including phenoxy) is 1. The van der Waals surface area contributed by atoms with Crippen molar-refractivity contribution in [2.45, 2.75) is 19.4 Å². The summed E-state index contributed by atoms with van der Waals surface area (Å²) >= 11 is 0. The number of amides is 2. The predicted octanol–water partition coefficient (Wildman–Crippen LogP) is 3.80. The second kappa shape index (κ2) is 8.47. The van der Waals surface area contributed by atoms with Gasteiger partial charge in [-0.25, -0.2) is 4.79 Å². The molecule has 0 aromatic heterocycles. The molecule has 7 heteroatoms. The normalized spacial score (nSPS) is 14.3. The molecular formula is C24H23N3O4. The zero-order chi connectivity index (χ0) is 22.0. The van der Waals surface area contributed by atoms with Gasteiger partial charge >= 0.3 is 5.97 Å². The second-order valence-electron chi connectivity index (χ2n) is 7.55. The Morgan fingerprint density at radius 2 is 1.84 bits per heavy atom. The van der Waals surface area contributed by atoms with Crippen molar-refractivity contribution in [2.75, 3.05) is 29.1 Å². The van der Waals surface area contributed by atoms with Crippen molar-refractivity contribution >= 4 is 45.6 Å². The topological polar surface area (TPSA) is 87.7 Å². The number of nitrogens with zero attached hydrogens (tertiary/aromatic N) is 1. The summed E-state index contributed by atoms with van der Waals surface area (Å²) in [6.45, 7) is 2.11. The Labute approximate surface area is 180 Å². The molecule has 0 saturated carbocycles. The minimum atomic E-state index is -0.991. The van der Waals surface area contributed by atoms with Gasteiger partial charge in [0.1, 0.15) is 0 Å². The molecule has 0 radical (unpaired) electrons. The molecule has 1 heterocycles. The number of fused-ring (bicyclic) bond motifs is 2. The fourth-order valence-electron chi connectivity index (χ4n) is 3.49. The highest BCUT2D eigenvalue weighted by atomic mass is 16.5. The lowest BCUT2D eigenvalue weighted by Gasteiger charge is -2.19. The highest BCUT2D eigenvalue weighted by Crippen LogP contribution is 2.29. The number of hydrogen-bond donors (Lipinski definition) is 2. The van der Waals surface area contributed by atoms with Gasteiger partial charge in [0.25, 0.3) is 5.91 Å². The van der Waals surface area contributed by atoms with Crippen LogP contribution in [0.2, 0.25) is 0 Å². The lowest BCUT2D eigenvalue weighted by molar-refractivity contribution is -0.123. The minimum absolute atomic E-state index is 0.112. The summed E-state index contributed by atoms with van der Waals surface area (Å²) in [5, 5.41) is 7.66. The molecule has 0 aliphatic carbocycles. The van der Waals surface area contributed by atoms with Crippen LogP contribution in [0.4, 0.5) is 17.1 Å². The fraction of sp³-hybridized carbons (Fsp3) is 0.208. The molecule has 0 spiro atoms. The molecule has 0 bridgehead atoms. The van der Waals surface area contributed by atoms with E-state index in [0.717, 1.165) is 16.5 Å². The van der Waals surface area contributed by atoms with E-state index in [1.165, 1.54) is 6.92 Å². The monoisotopic (exact) mass is 417 g/mol. The molecule has 4 rings (SSSR count). The van der Waals surface area contributed by atoms with Crippen molar-refractivity contribution < 1.29 is 19.1 Å². The summed E-state index contributed by atoms with van der Waals surface area (Å²) in [7, 11) is 1.89. The molecule has 3 aromatic carbocycles. The van der Waals surface area contributed by atoms with Crippen LogP contribution in [-0.4, -0.2) is 37.5 Å². The Bertz CT molecular complexity index is 1170. The maximum Gasteiger partial charge on any atom is 0.338 e. The summed E-state index contributed by atoms with van der Waals surface area (Å²) in [4.78, 5) is 39.0. The number of benzene rings is 3. The van der Waals surface area contributed by atoms with E-state index >= 15 is 0 Å². The molecule has 0 fully saturated rings. The van der Waals surface area contributed by atoms with E-state index < -0.39 is 18.0 Å². The highest BCUT2D eigenvalue weighted by Gasteiger charge is 2.22. The average Bonchev–Trinajstić information content (AvgIpc) is 2.91. The predicted molar refractivity (Wildman–Crippen MR) is 120 cm³/mol. The third-order valence-electron chi connectivity index (χ3n) is 5.26. The largest absolute Gasteiger partial charge is 0.449 e. The maximum atomic E-state index is 12.6. The first-order valence-electron chi connectivity index (χ1n) is 10.1. The first-order chi connectivity index (χ1) is 14.9. The van der Waals surface area contributed by atoms with Gasteiger partial charge < -0.3 is 20.3 Å². The highest BCUT2D eigenvalue weighted by molar-refractivity contribution is 6.01. The number of rotatable bonds is 4. The van der Waals surface area contributed by atoms with Crippen LogP contribution >= 0.6 is 0 Å². The van der Waals surface area contributed by atoms with Crippen LogP contribution in [0.5, 0.6) is 0 Å². The van der Waals surface area contributed by atoms with Crippen LogP contribution in [0.15, 0.2) is 60.7 Å². The molecule has 2 amide bonds. The van der Waals surface area contributed by atoms with E-state index in [4.69, 9.17) is 4.74 Å². The van der Waals surface area contributed by atoms with Gasteiger partial charge in [-0.05, 0) is 48.0 Å². The zero-order valence-corrected chi connectivity index (χ0v) is 17.3.